The van der Waals surface area contributed by atoms with E-state index in [1.165, 1.54) is 18.2 Å². The van der Waals surface area contributed by atoms with Gasteiger partial charge in [-0.25, -0.2) is 14.0 Å². The van der Waals surface area contributed by atoms with Crippen LogP contribution in [0, 0.1) is 5.82 Å². The first-order valence-corrected chi connectivity index (χ1v) is 9.17. The molecule has 0 amide bonds. The zero-order valence-corrected chi connectivity index (χ0v) is 16.5. The van der Waals surface area contributed by atoms with Gasteiger partial charge in [-0.15, -0.1) is 0 Å². The molecule has 0 spiro atoms. The molecule has 0 N–H and O–H groups in total. The van der Waals surface area contributed by atoms with Gasteiger partial charge in [0.05, 0.1) is 12.2 Å². The Morgan fingerprint density at radius 3 is 1.66 bits per heavy atom. The van der Waals surface area contributed by atoms with Gasteiger partial charge in [0.1, 0.15) is 11.6 Å². The van der Waals surface area contributed by atoms with Crippen molar-refractivity contribution >= 4 is 33.9 Å². The van der Waals surface area contributed by atoms with E-state index < -0.39 is 18.1 Å². The number of hydrogen-bond acceptors (Lipinski definition) is 6. The first-order chi connectivity index (χ1) is 13.8. The minimum absolute atomic E-state index is 0.116. The molecule has 0 atom stereocenters. The van der Waals surface area contributed by atoms with Gasteiger partial charge < -0.3 is 18.9 Å². The molecule has 3 rings (SSSR count). The quantitative estimate of drug-likeness (QED) is 0.305. The fourth-order valence-electron chi connectivity index (χ4n) is 2.89. The van der Waals surface area contributed by atoms with E-state index in [-0.39, 0.29) is 29.1 Å². The van der Waals surface area contributed by atoms with E-state index in [1.54, 1.807) is 52.0 Å². The van der Waals surface area contributed by atoms with E-state index in [1.807, 2.05) is 0 Å². The second-order valence-corrected chi connectivity index (χ2v) is 6.93. The van der Waals surface area contributed by atoms with Crippen LogP contribution in [0.2, 0.25) is 0 Å². The minimum Gasteiger partial charge on any atom is -0.431 e. The second-order valence-electron chi connectivity index (χ2n) is 6.93. The molecule has 7 heteroatoms. The second kappa shape index (κ2) is 8.34. The zero-order valence-electron chi connectivity index (χ0n) is 16.5. The maximum atomic E-state index is 14.0. The summed E-state index contributed by atoms with van der Waals surface area (Å²) in [6.07, 6.45) is -2.55. The van der Waals surface area contributed by atoms with Gasteiger partial charge in [0.2, 0.25) is 0 Å². The highest BCUT2D eigenvalue weighted by Crippen LogP contribution is 2.43. The van der Waals surface area contributed by atoms with Crippen molar-refractivity contribution in [3.05, 3.63) is 48.3 Å². The van der Waals surface area contributed by atoms with Crippen molar-refractivity contribution in [2.75, 3.05) is 0 Å². The normalized spacial score (nSPS) is 11.1. The number of carbonyl (C=O) groups excluding carboxylic acids is 2. The highest BCUT2D eigenvalue weighted by Gasteiger charge is 2.22. The SMILES string of the molecule is CC(C)OC(=O)Oc1c2ccccc2c(OC(=O)OC(C)C)c2cc(F)ccc12. The van der Waals surface area contributed by atoms with Crippen LogP contribution in [-0.2, 0) is 9.47 Å². The molecule has 0 heterocycles. The van der Waals surface area contributed by atoms with Gasteiger partial charge in [-0.3, -0.25) is 0 Å². The maximum Gasteiger partial charge on any atom is 0.514 e. The number of fused-ring (bicyclic) bond motifs is 2. The van der Waals surface area contributed by atoms with Gasteiger partial charge in [0, 0.05) is 21.5 Å². The van der Waals surface area contributed by atoms with Crippen LogP contribution in [0.4, 0.5) is 14.0 Å². The van der Waals surface area contributed by atoms with Crippen LogP contribution in [0.1, 0.15) is 27.7 Å². The van der Waals surface area contributed by atoms with E-state index in [0.29, 0.717) is 16.2 Å². The Morgan fingerprint density at radius 2 is 1.17 bits per heavy atom. The predicted octanol–water partition coefficient (Wildman–Crippen LogP) is 5.98. The molecule has 0 bridgehead atoms. The summed E-state index contributed by atoms with van der Waals surface area (Å²) in [6, 6.07) is 10.7. The molecule has 0 unspecified atom stereocenters. The highest BCUT2D eigenvalue weighted by atomic mass is 19.1. The number of halogens is 1. The van der Waals surface area contributed by atoms with Gasteiger partial charge >= 0.3 is 12.3 Å². The third-order valence-electron chi connectivity index (χ3n) is 3.92. The summed E-state index contributed by atoms with van der Waals surface area (Å²) in [5.74, 6) is -0.235. The first kappa shape index (κ1) is 20.4. The van der Waals surface area contributed by atoms with Crippen LogP contribution in [-0.4, -0.2) is 24.5 Å². The molecule has 0 fully saturated rings. The first-order valence-electron chi connectivity index (χ1n) is 9.17. The molecule has 3 aromatic rings. The molecule has 152 valence electrons. The van der Waals surface area contributed by atoms with Crippen LogP contribution in [0.25, 0.3) is 21.5 Å². The summed E-state index contributed by atoms with van der Waals surface area (Å²) in [6.45, 7) is 6.77. The van der Waals surface area contributed by atoms with Crippen molar-refractivity contribution < 1.29 is 32.9 Å². The number of carbonyl (C=O) groups is 2. The van der Waals surface area contributed by atoms with Gasteiger partial charge in [-0.2, -0.15) is 0 Å². The van der Waals surface area contributed by atoms with Crippen molar-refractivity contribution in [2.24, 2.45) is 0 Å². The number of rotatable bonds is 4. The molecule has 6 nitrogen and oxygen atoms in total. The van der Waals surface area contributed by atoms with Crippen molar-refractivity contribution in [1.29, 1.82) is 0 Å². The predicted molar refractivity (Wildman–Crippen MR) is 106 cm³/mol. The molecule has 0 aliphatic rings. The Kier molecular flexibility index (Phi) is 5.87. The monoisotopic (exact) mass is 400 g/mol. The molecule has 0 aliphatic carbocycles. The van der Waals surface area contributed by atoms with Gasteiger partial charge in [0.15, 0.2) is 5.75 Å². The Bertz CT molecular complexity index is 1070. The van der Waals surface area contributed by atoms with Crippen LogP contribution >= 0.6 is 0 Å². The lowest BCUT2D eigenvalue weighted by atomic mass is 10.0. The molecule has 0 saturated heterocycles. The number of ether oxygens (including phenoxy) is 4. The summed E-state index contributed by atoms with van der Waals surface area (Å²) in [5.41, 5.74) is 0. The maximum absolute atomic E-state index is 14.0. The Labute approximate surface area is 167 Å². The van der Waals surface area contributed by atoms with Crippen LogP contribution in [0.3, 0.4) is 0 Å². The van der Waals surface area contributed by atoms with Crippen molar-refractivity contribution in [2.45, 2.75) is 39.9 Å². The number of benzene rings is 3. The zero-order chi connectivity index (χ0) is 21.1. The molecule has 29 heavy (non-hydrogen) atoms. The van der Waals surface area contributed by atoms with Crippen molar-refractivity contribution in [1.82, 2.24) is 0 Å². The summed E-state index contributed by atoms with van der Waals surface area (Å²) in [5, 5.41) is 1.60. The smallest absolute Gasteiger partial charge is 0.431 e. The molecule has 0 aliphatic heterocycles. The lowest BCUT2D eigenvalue weighted by molar-refractivity contribution is 0.0719. The molecular weight excluding hydrogens is 379 g/mol. The topological polar surface area (TPSA) is 71.1 Å². The van der Waals surface area contributed by atoms with E-state index in [4.69, 9.17) is 18.9 Å². The fraction of sp³-hybridized carbons (Fsp3) is 0.273. The molecule has 0 saturated carbocycles. The fourth-order valence-corrected chi connectivity index (χ4v) is 2.89. The van der Waals surface area contributed by atoms with Crippen LogP contribution < -0.4 is 9.47 Å². The van der Waals surface area contributed by atoms with Crippen LogP contribution in [0.5, 0.6) is 11.5 Å². The molecule has 0 radical (unpaired) electrons. The summed E-state index contributed by atoms with van der Waals surface area (Å²) >= 11 is 0. The molecule has 0 aromatic heterocycles. The van der Waals surface area contributed by atoms with E-state index >= 15 is 0 Å². The van der Waals surface area contributed by atoms with Gasteiger partial charge in [0.25, 0.3) is 0 Å². The summed E-state index contributed by atoms with van der Waals surface area (Å²) < 4.78 is 35.1. The third-order valence-corrected chi connectivity index (χ3v) is 3.92. The minimum atomic E-state index is -0.913. The van der Waals surface area contributed by atoms with Crippen LogP contribution in [0.15, 0.2) is 42.5 Å². The van der Waals surface area contributed by atoms with Gasteiger partial charge in [-0.05, 0) is 45.9 Å². The van der Waals surface area contributed by atoms with E-state index in [9.17, 15) is 14.0 Å². The summed E-state index contributed by atoms with van der Waals surface area (Å²) in [7, 11) is 0. The molecule has 3 aromatic carbocycles. The van der Waals surface area contributed by atoms with Gasteiger partial charge in [-0.1, -0.05) is 24.3 Å². The Hall–Kier alpha value is -3.35. The standard InChI is InChI=1S/C22H21FO6/c1-12(2)26-21(24)28-19-15-7-5-6-8-16(15)20(29-22(25)27-13(3)4)18-11-14(23)9-10-17(18)19/h5-13H,1-4H3. The summed E-state index contributed by atoms with van der Waals surface area (Å²) in [4.78, 5) is 24.3. The van der Waals surface area contributed by atoms with Crippen molar-refractivity contribution in [3.8, 4) is 11.5 Å². The Morgan fingerprint density at radius 1 is 0.724 bits per heavy atom. The number of hydrogen-bond donors (Lipinski definition) is 0. The molecular formula is C22H21FO6. The van der Waals surface area contributed by atoms with E-state index in [2.05, 4.69) is 0 Å². The lowest BCUT2D eigenvalue weighted by Gasteiger charge is -2.17. The Balaban J connectivity index is 2.23. The lowest BCUT2D eigenvalue weighted by Crippen LogP contribution is -2.17. The third kappa shape index (κ3) is 4.56. The highest BCUT2D eigenvalue weighted by molar-refractivity contribution is 6.12. The average Bonchev–Trinajstić information content (AvgIpc) is 2.63. The van der Waals surface area contributed by atoms with Crippen molar-refractivity contribution in [3.63, 3.8) is 0 Å². The average molecular weight is 400 g/mol. The largest absolute Gasteiger partial charge is 0.514 e. The van der Waals surface area contributed by atoms with E-state index in [0.717, 1.165) is 0 Å².